The van der Waals surface area contributed by atoms with Crippen molar-refractivity contribution in [1.29, 1.82) is 0 Å². The SMILES string of the molecule is COC(=O)[C@H](CNC(=O)N(C)C)Oc1ccc(Br)cc1. The summed E-state index contributed by atoms with van der Waals surface area (Å²) in [7, 11) is 4.49. The predicted molar refractivity (Wildman–Crippen MR) is 77.7 cm³/mol. The lowest BCUT2D eigenvalue weighted by molar-refractivity contribution is -0.148. The Hall–Kier alpha value is -1.76. The first-order chi connectivity index (χ1) is 9.43. The topological polar surface area (TPSA) is 67.9 Å². The third-order valence-corrected chi connectivity index (χ3v) is 2.93. The van der Waals surface area contributed by atoms with Crippen LogP contribution in [0, 0.1) is 0 Å². The van der Waals surface area contributed by atoms with Crippen molar-refractivity contribution in [1.82, 2.24) is 10.2 Å². The fourth-order valence-corrected chi connectivity index (χ4v) is 1.58. The number of urea groups is 1. The minimum atomic E-state index is -0.898. The molecule has 0 fully saturated rings. The smallest absolute Gasteiger partial charge is 0.348 e. The van der Waals surface area contributed by atoms with Gasteiger partial charge in [0.15, 0.2) is 0 Å². The van der Waals surface area contributed by atoms with E-state index in [4.69, 9.17) is 4.74 Å². The standard InChI is InChI=1S/C13H17BrN2O4/c1-16(2)13(18)15-8-11(12(17)19-3)20-10-6-4-9(14)5-7-10/h4-7,11H,8H2,1-3H3,(H,15,18)/t11-/m0/s1. The van der Waals surface area contributed by atoms with Gasteiger partial charge in [0.05, 0.1) is 13.7 Å². The molecular formula is C13H17BrN2O4. The van der Waals surface area contributed by atoms with Gasteiger partial charge in [0.2, 0.25) is 6.10 Å². The van der Waals surface area contributed by atoms with Crippen LogP contribution in [0.4, 0.5) is 4.79 Å². The van der Waals surface area contributed by atoms with Crippen LogP contribution in [0.3, 0.4) is 0 Å². The summed E-state index contributed by atoms with van der Waals surface area (Å²) in [6.45, 7) is 0.0275. The summed E-state index contributed by atoms with van der Waals surface area (Å²) in [4.78, 5) is 24.5. The number of methoxy groups -OCH3 is 1. The molecule has 0 saturated carbocycles. The Morgan fingerprint density at radius 2 is 1.90 bits per heavy atom. The molecule has 1 aromatic rings. The zero-order chi connectivity index (χ0) is 15.1. The number of hydrogen-bond acceptors (Lipinski definition) is 4. The van der Waals surface area contributed by atoms with Crippen molar-refractivity contribution in [2.45, 2.75) is 6.10 Å². The van der Waals surface area contributed by atoms with E-state index in [1.165, 1.54) is 12.0 Å². The van der Waals surface area contributed by atoms with Crippen molar-refractivity contribution in [2.24, 2.45) is 0 Å². The molecule has 110 valence electrons. The lowest BCUT2D eigenvalue weighted by Crippen LogP contribution is -2.44. The van der Waals surface area contributed by atoms with Crippen molar-refractivity contribution in [3.05, 3.63) is 28.7 Å². The van der Waals surface area contributed by atoms with Gasteiger partial charge < -0.3 is 19.7 Å². The molecule has 1 atom stereocenters. The molecule has 0 aliphatic rings. The molecule has 1 N–H and O–H groups in total. The average Bonchev–Trinajstić information content (AvgIpc) is 2.44. The van der Waals surface area contributed by atoms with E-state index in [2.05, 4.69) is 26.0 Å². The third-order valence-electron chi connectivity index (χ3n) is 2.40. The largest absolute Gasteiger partial charge is 0.477 e. The van der Waals surface area contributed by atoms with Crippen molar-refractivity contribution >= 4 is 27.9 Å². The molecule has 1 aromatic carbocycles. The van der Waals surface area contributed by atoms with Gasteiger partial charge in [-0.05, 0) is 24.3 Å². The fourth-order valence-electron chi connectivity index (χ4n) is 1.32. The molecule has 0 radical (unpaired) electrons. The fraction of sp³-hybridized carbons (Fsp3) is 0.385. The van der Waals surface area contributed by atoms with Crippen LogP contribution in [0.1, 0.15) is 0 Å². The number of carbonyl (C=O) groups is 2. The highest BCUT2D eigenvalue weighted by Gasteiger charge is 2.22. The second kappa shape index (κ2) is 7.74. The molecule has 0 heterocycles. The van der Waals surface area contributed by atoms with Gasteiger partial charge in [-0.2, -0.15) is 0 Å². The number of benzene rings is 1. The van der Waals surface area contributed by atoms with Crippen LogP contribution in [-0.4, -0.2) is 50.8 Å². The summed E-state index contributed by atoms with van der Waals surface area (Å²) in [5.41, 5.74) is 0. The highest BCUT2D eigenvalue weighted by Crippen LogP contribution is 2.17. The van der Waals surface area contributed by atoms with Crippen LogP contribution in [0.25, 0.3) is 0 Å². The molecule has 0 unspecified atom stereocenters. The monoisotopic (exact) mass is 344 g/mol. The van der Waals surface area contributed by atoms with E-state index in [0.717, 1.165) is 4.47 Å². The molecule has 20 heavy (non-hydrogen) atoms. The molecule has 0 saturated heterocycles. The summed E-state index contributed by atoms with van der Waals surface area (Å²) >= 11 is 3.31. The first kappa shape index (κ1) is 16.3. The quantitative estimate of drug-likeness (QED) is 0.824. The summed E-state index contributed by atoms with van der Waals surface area (Å²) < 4.78 is 11.1. The molecular weight excluding hydrogens is 328 g/mol. The number of halogens is 1. The summed E-state index contributed by atoms with van der Waals surface area (Å²) in [6, 6.07) is 6.71. The summed E-state index contributed by atoms with van der Waals surface area (Å²) in [5.74, 6) is -0.0327. The van der Waals surface area contributed by atoms with Crippen LogP contribution >= 0.6 is 15.9 Å². The van der Waals surface area contributed by atoms with Crippen LogP contribution in [0.2, 0.25) is 0 Å². The summed E-state index contributed by atoms with van der Waals surface area (Å²) in [6.07, 6.45) is -0.898. The number of ether oxygens (including phenoxy) is 2. The van der Waals surface area contributed by atoms with E-state index in [0.29, 0.717) is 5.75 Å². The van der Waals surface area contributed by atoms with Crippen molar-refractivity contribution in [3.63, 3.8) is 0 Å². The number of esters is 1. The number of nitrogens with zero attached hydrogens (tertiary/aromatic N) is 1. The predicted octanol–water partition coefficient (Wildman–Crippen LogP) is 1.64. The molecule has 0 aliphatic carbocycles. The van der Waals surface area contributed by atoms with Gasteiger partial charge in [0, 0.05) is 18.6 Å². The first-order valence-electron chi connectivity index (χ1n) is 5.89. The van der Waals surface area contributed by atoms with Gasteiger partial charge in [-0.1, -0.05) is 15.9 Å². The van der Waals surface area contributed by atoms with Crippen LogP contribution in [0.15, 0.2) is 28.7 Å². The second-order valence-electron chi connectivity index (χ2n) is 4.16. The molecule has 1 rings (SSSR count). The highest BCUT2D eigenvalue weighted by molar-refractivity contribution is 9.10. The van der Waals surface area contributed by atoms with Gasteiger partial charge in [0.1, 0.15) is 5.75 Å². The van der Waals surface area contributed by atoms with Crippen LogP contribution in [-0.2, 0) is 9.53 Å². The number of hydrogen-bond donors (Lipinski definition) is 1. The van der Waals surface area contributed by atoms with E-state index in [1.807, 2.05) is 0 Å². The number of nitrogens with one attached hydrogen (secondary N) is 1. The number of amides is 2. The van der Waals surface area contributed by atoms with E-state index in [1.54, 1.807) is 38.4 Å². The Kier molecular flexibility index (Phi) is 6.30. The Labute approximate surface area is 126 Å². The number of carbonyl (C=O) groups excluding carboxylic acids is 2. The average molecular weight is 345 g/mol. The minimum absolute atomic E-state index is 0.0275. The third kappa shape index (κ3) is 5.08. The lowest BCUT2D eigenvalue weighted by atomic mass is 10.3. The minimum Gasteiger partial charge on any atom is -0.477 e. The van der Waals surface area contributed by atoms with Gasteiger partial charge in [0.25, 0.3) is 0 Å². The first-order valence-corrected chi connectivity index (χ1v) is 6.68. The molecule has 0 aliphatic heterocycles. The maximum Gasteiger partial charge on any atom is 0.348 e. The maximum absolute atomic E-state index is 11.6. The zero-order valence-electron chi connectivity index (χ0n) is 11.6. The molecule has 0 aromatic heterocycles. The van der Waals surface area contributed by atoms with E-state index < -0.39 is 12.1 Å². The molecule has 0 spiro atoms. The van der Waals surface area contributed by atoms with Gasteiger partial charge >= 0.3 is 12.0 Å². The Morgan fingerprint density at radius 1 is 1.30 bits per heavy atom. The van der Waals surface area contributed by atoms with Crippen LogP contribution in [0.5, 0.6) is 5.75 Å². The lowest BCUT2D eigenvalue weighted by Gasteiger charge is -2.19. The van der Waals surface area contributed by atoms with E-state index >= 15 is 0 Å². The normalized spacial score (nSPS) is 11.4. The van der Waals surface area contributed by atoms with E-state index in [-0.39, 0.29) is 12.6 Å². The van der Waals surface area contributed by atoms with Gasteiger partial charge in [-0.15, -0.1) is 0 Å². The zero-order valence-corrected chi connectivity index (χ0v) is 13.1. The Morgan fingerprint density at radius 3 is 2.40 bits per heavy atom. The highest BCUT2D eigenvalue weighted by atomic mass is 79.9. The van der Waals surface area contributed by atoms with Crippen molar-refractivity contribution in [3.8, 4) is 5.75 Å². The van der Waals surface area contributed by atoms with Crippen molar-refractivity contribution < 1.29 is 19.1 Å². The number of rotatable bonds is 5. The van der Waals surface area contributed by atoms with Crippen LogP contribution < -0.4 is 10.1 Å². The molecule has 2 amide bonds. The second-order valence-corrected chi connectivity index (χ2v) is 5.08. The maximum atomic E-state index is 11.6. The van der Waals surface area contributed by atoms with Crippen molar-refractivity contribution in [2.75, 3.05) is 27.7 Å². The van der Waals surface area contributed by atoms with Gasteiger partial charge in [-0.25, -0.2) is 9.59 Å². The molecule has 0 bridgehead atoms. The molecule has 6 nitrogen and oxygen atoms in total. The Bertz CT molecular complexity index is 462. The molecule has 7 heteroatoms. The Balaban J connectivity index is 2.67. The van der Waals surface area contributed by atoms with Gasteiger partial charge in [-0.3, -0.25) is 0 Å². The van der Waals surface area contributed by atoms with E-state index in [9.17, 15) is 9.59 Å². The summed E-state index contributed by atoms with van der Waals surface area (Å²) in [5, 5.41) is 2.58.